The molecule has 0 saturated carbocycles. The average molecular weight is 389 g/mol. The molecule has 29 heavy (non-hydrogen) atoms. The first kappa shape index (κ1) is 19.0. The van der Waals surface area contributed by atoms with Gasteiger partial charge in [0, 0.05) is 27.1 Å². The van der Waals surface area contributed by atoms with Gasteiger partial charge in [-0.1, -0.05) is 30.3 Å². The van der Waals surface area contributed by atoms with Gasteiger partial charge in [0.05, 0.1) is 23.7 Å². The summed E-state index contributed by atoms with van der Waals surface area (Å²) in [5.41, 5.74) is -0.479. The Labute approximate surface area is 169 Å². The van der Waals surface area contributed by atoms with E-state index in [0.29, 0.717) is 30.3 Å². The van der Waals surface area contributed by atoms with Gasteiger partial charge in [0.25, 0.3) is 5.56 Å². The van der Waals surface area contributed by atoms with Crippen LogP contribution >= 0.6 is 0 Å². The van der Waals surface area contributed by atoms with Crippen LogP contribution in [0.3, 0.4) is 0 Å². The summed E-state index contributed by atoms with van der Waals surface area (Å²) in [6, 6.07) is 14.3. The highest BCUT2D eigenvalue weighted by atomic mass is 16.2. The normalized spacial score (nSPS) is 22.1. The average Bonchev–Trinajstić information content (AvgIpc) is 2.76. The lowest BCUT2D eigenvalue weighted by Crippen LogP contribution is -2.59. The summed E-state index contributed by atoms with van der Waals surface area (Å²) in [6.45, 7) is 0.612. The van der Waals surface area contributed by atoms with Crippen LogP contribution in [0.4, 0.5) is 5.82 Å². The molecule has 0 radical (unpaired) electrons. The molecule has 0 spiro atoms. The summed E-state index contributed by atoms with van der Waals surface area (Å²) < 4.78 is 2.54. The smallest absolute Gasteiger partial charge is 0.332 e. The summed E-state index contributed by atoms with van der Waals surface area (Å²) in [5, 5.41) is 20.0. The zero-order chi connectivity index (χ0) is 20.8. The van der Waals surface area contributed by atoms with Gasteiger partial charge in [-0.3, -0.25) is 13.9 Å². The Morgan fingerprint density at radius 3 is 2.45 bits per heavy atom. The number of piperidine rings is 1. The molecule has 1 saturated heterocycles. The summed E-state index contributed by atoms with van der Waals surface area (Å²) in [7, 11) is 3.09. The maximum atomic E-state index is 12.8. The molecular weight excluding hydrogens is 366 g/mol. The number of benzene rings is 1. The van der Waals surface area contributed by atoms with Crippen molar-refractivity contribution in [3.05, 3.63) is 62.3 Å². The fraction of sp³-hybridized carbons (Fsp3) is 0.455. The number of anilines is 1. The Bertz CT molecular complexity index is 1140. The van der Waals surface area contributed by atoms with E-state index in [-0.39, 0.29) is 18.2 Å². The molecule has 2 aliphatic rings. The lowest BCUT2D eigenvalue weighted by molar-refractivity contribution is 0.243. The van der Waals surface area contributed by atoms with Crippen LogP contribution in [-0.2, 0) is 26.9 Å². The number of aromatic nitrogens is 2. The Kier molecular flexibility index (Phi) is 4.55. The zero-order valence-electron chi connectivity index (χ0n) is 16.6. The lowest BCUT2D eigenvalue weighted by atomic mass is 9.68. The monoisotopic (exact) mass is 389 g/mol. The van der Waals surface area contributed by atoms with Crippen LogP contribution in [0.5, 0.6) is 0 Å². The zero-order valence-corrected chi connectivity index (χ0v) is 16.6. The molecule has 7 nitrogen and oxygen atoms in total. The fourth-order valence-corrected chi connectivity index (χ4v) is 4.97. The van der Waals surface area contributed by atoms with Gasteiger partial charge < -0.3 is 4.90 Å². The Morgan fingerprint density at radius 1 is 1.10 bits per heavy atom. The Morgan fingerprint density at radius 2 is 1.79 bits per heavy atom. The Hall–Kier alpha value is -3.32. The van der Waals surface area contributed by atoms with E-state index in [0.717, 1.165) is 17.4 Å². The van der Waals surface area contributed by atoms with Gasteiger partial charge in [-0.05, 0) is 30.7 Å². The maximum absolute atomic E-state index is 12.8. The van der Waals surface area contributed by atoms with Crippen LogP contribution in [0, 0.1) is 34.0 Å². The molecule has 2 unspecified atom stereocenters. The summed E-state index contributed by atoms with van der Waals surface area (Å²) >= 11 is 0. The van der Waals surface area contributed by atoms with Crippen molar-refractivity contribution in [2.75, 3.05) is 11.4 Å². The molecule has 1 aromatic heterocycles. The largest absolute Gasteiger partial charge is 0.352 e. The Balaban J connectivity index is 1.79. The first-order valence-electron chi connectivity index (χ1n) is 9.84. The number of nitriles is 2. The van der Waals surface area contributed by atoms with Gasteiger partial charge in [-0.2, -0.15) is 10.5 Å². The molecule has 148 valence electrons. The highest BCUT2D eigenvalue weighted by molar-refractivity contribution is 5.55. The minimum absolute atomic E-state index is 0.0509. The number of fused-ring (bicyclic) bond motifs is 3. The van der Waals surface area contributed by atoms with Crippen molar-refractivity contribution in [1.82, 2.24) is 9.13 Å². The summed E-state index contributed by atoms with van der Waals surface area (Å²) in [4.78, 5) is 27.3. The molecule has 4 rings (SSSR count). The second-order valence-electron chi connectivity index (χ2n) is 8.17. The van der Waals surface area contributed by atoms with Crippen molar-refractivity contribution < 1.29 is 0 Å². The number of rotatable bonds is 2. The minimum atomic E-state index is -1.30. The fourth-order valence-electron chi connectivity index (χ4n) is 4.97. The van der Waals surface area contributed by atoms with E-state index in [2.05, 4.69) is 24.3 Å². The van der Waals surface area contributed by atoms with Crippen LogP contribution in [0.25, 0.3) is 0 Å². The molecule has 2 aliphatic heterocycles. The van der Waals surface area contributed by atoms with Gasteiger partial charge in [0.2, 0.25) is 0 Å². The number of hydrogen-bond acceptors (Lipinski definition) is 5. The quantitative estimate of drug-likeness (QED) is 0.776. The molecule has 7 heteroatoms. The van der Waals surface area contributed by atoms with Crippen LogP contribution in [-0.4, -0.2) is 21.7 Å². The highest BCUT2D eigenvalue weighted by Crippen LogP contribution is 2.44. The van der Waals surface area contributed by atoms with Crippen molar-refractivity contribution in [3.8, 4) is 12.1 Å². The van der Waals surface area contributed by atoms with E-state index < -0.39 is 11.0 Å². The van der Waals surface area contributed by atoms with E-state index in [1.54, 1.807) is 7.05 Å². The molecule has 3 heterocycles. The molecule has 0 N–H and O–H groups in total. The third kappa shape index (κ3) is 2.86. The molecular formula is C22H23N5O2. The minimum Gasteiger partial charge on any atom is -0.352 e. The first-order chi connectivity index (χ1) is 13.9. The van der Waals surface area contributed by atoms with Gasteiger partial charge in [-0.15, -0.1) is 0 Å². The van der Waals surface area contributed by atoms with E-state index in [1.807, 2.05) is 23.1 Å². The topological polar surface area (TPSA) is 94.8 Å². The van der Waals surface area contributed by atoms with Gasteiger partial charge >= 0.3 is 5.69 Å². The van der Waals surface area contributed by atoms with E-state index in [9.17, 15) is 20.1 Å². The lowest BCUT2D eigenvalue weighted by Gasteiger charge is -2.49. The van der Waals surface area contributed by atoms with Crippen molar-refractivity contribution in [2.45, 2.75) is 31.7 Å². The standard InChI is InChI=1S/C22H23N5O2/c1-25-19-17(20(28)26(2)21(25)29)12-22(13-23,14-24)18-11-16(8-9-27(18)19)10-15-6-4-3-5-7-15/h3-7,16,18H,8-12H2,1-2H3. The molecule has 2 atom stereocenters. The second-order valence-corrected chi connectivity index (χ2v) is 8.17. The van der Waals surface area contributed by atoms with Crippen LogP contribution in [0.2, 0.25) is 0 Å². The summed E-state index contributed by atoms with van der Waals surface area (Å²) in [5.74, 6) is 0.909. The van der Waals surface area contributed by atoms with E-state index in [1.165, 1.54) is 17.2 Å². The first-order valence-corrected chi connectivity index (χ1v) is 9.84. The molecule has 2 aromatic rings. The predicted octanol–water partition coefficient (Wildman–Crippen LogP) is 1.50. The summed E-state index contributed by atoms with van der Waals surface area (Å²) in [6.07, 6.45) is 2.50. The van der Waals surface area contributed by atoms with Crippen LogP contribution in [0.1, 0.15) is 24.0 Å². The van der Waals surface area contributed by atoms with Crippen LogP contribution < -0.4 is 16.1 Å². The number of hydrogen-bond donors (Lipinski definition) is 0. The molecule has 1 fully saturated rings. The van der Waals surface area contributed by atoms with Crippen LogP contribution in [0.15, 0.2) is 39.9 Å². The third-order valence-electron chi connectivity index (χ3n) is 6.50. The number of nitrogens with zero attached hydrogens (tertiary/aromatic N) is 5. The maximum Gasteiger partial charge on any atom is 0.332 e. The molecule has 0 bridgehead atoms. The van der Waals surface area contributed by atoms with Crippen molar-refractivity contribution in [3.63, 3.8) is 0 Å². The second kappa shape index (κ2) is 6.93. The molecule has 1 aromatic carbocycles. The van der Waals surface area contributed by atoms with E-state index >= 15 is 0 Å². The van der Waals surface area contributed by atoms with E-state index in [4.69, 9.17) is 0 Å². The SMILES string of the molecule is Cn1c2c(c(=O)n(C)c1=O)CC(C#N)(C#N)C1CC(Cc3ccccc3)CCN21. The predicted molar refractivity (Wildman–Crippen MR) is 108 cm³/mol. The molecule has 0 aliphatic carbocycles. The van der Waals surface area contributed by atoms with Gasteiger partial charge in [-0.25, -0.2) is 4.79 Å². The third-order valence-corrected chi connectivity index (χ3v) is 6.50. The van der Waals surface area contributed by atoms with Crippen molar-refractivity contribution >= 4 is 5.82 Å². The van der Waals surface area contributed by atoms with Crippen molar-refractivity contribution in [1.29, 1.82) is 10.5 Å². The molecule has 0 amide bonds. The van der Waals surface area contributed by atoms with Crippen molar-refractivity contribution in [2.24, 2.45) is 25.4 Å². The van der Waals surface area contributed by atoms with Gasteiger partial charge in [0.1, 0.15) is 5.82 Å². The highest BCUT2D eigenvalue weighted by Gasteiger charge is 2.51. The van der Waals surface area contributed by atoms with Gasteiger partial charge in [0.15, 0.2) is 5.41 Å².